The van der Waals surface area contributed by atoms with Gasteiger partial charge in [-0.25, -0.2) is 17.5 Å². The molecule has 1 aromatic carbocycles. The van der Waals surface area contributed by atoms with Crippen LogP contribution in [0.3, 0.4) is 0 Å². The van der Waals surface area contributed by atoms with Crippen molar-refractivity contribution in [3.05, 3.63) is 23.5 Å². The number of sulfonamides is 1. The average molecular weight is 260 g/mol. The number of aryl methyl sites for hydroxylation is 1. The SMILES string of the molecule is Cc1cc(S(=O)(=O)NCC(C)C)cc(N)c1F. The van der Waals surface area contributed by atoms with Gasteiger partial charge in [0.15, 0.2) is 0 Å². The van der Waals surface area contributed by atoms with Gasteiger partial charge in [-0.05, 0) is 30.5 Å². The highest BCUT2D eigenvalue weighted by Crippen LogP contribution is 2.20. The number of halogens is 1. The molecule has 96 valence electrons. The van der Waals surface area contributed by atoms with Gasteiger partial charge in [0.1, 0.15) is 5.82 Å². The molecule has 6 heteroatoms. The summed E-state index contributed by atoms with van der Waals surface area (Å²) >= 11 is 0. The molecule has 0 bridgehead atoms. The van der Waals surface area contributed by atoms with Gasteiger partial charge in [-0.15, -0.1) is 0 Å². The summed E-state index contributed by atoms with van der Waals surface area (Å²) in [6, 6.07) is 2.40. The first kappa shape index (κ1) is 13.9. The maximum absolute atomic E-state index is 13.3. The maximum Gasteiger partial charge on any atom is 0.240 e. The van der Waals surface area contributed by atoms with Gasteiger partial charge in [0.2, 0.25) is 10.0 Å². The van der Waals surface area contributed by atoms with Crippen LogP contribution in [0.15, 0.2) is 17.0 Å². The summed E-state index contributed by atoms with van der Waals surface area (Å²) in [7, 11) is -3.61. The van der Waals surface area contributed by atoms with Crippen LogP contribution >= 0.6 is 0 Å². The third kappa shape index (κ3) is 3.41. The molecule has 1 rings (SSSR count). The molecule has 0 spiro atoms. The zero-order valence-corrected chi connectivity index (χ0v) is 10.9. The molecule has 3 N–H and O–H groups in total. The fourth-order valence-electron chi connectivity index (χ4n) is 1.28. The lowest BCUT2D eigenvalue weighted by molar-refractivity contribution is 0.559. The first-order valence-corrected chi connectivity index (χ1v) is 6.77. The molecule has 0 saturated heterocycles. The zero-order chi connectivity index (χ0) is 13.2. The van der Waals surface area contributed by atoms with E-state index in [-0.39, 0.29) is 22.1 Å². The molecule has 0 aliphatic rings. The van der Waals surface area contributed by atoms with E-state index in [0.29, 0.717) is 6.54 Å². The Morgan fingerprint density at radius 3 is 2.47 bits per heavy atom. The number of nitrogens with one attached hydrogen (secondary N) is 1. The van der Waals surface area contributed by atoms with Gasteiger partial charge < -0.3 is 5.73 Å². The van der Waals surface area contributed by atoms with Crippen LogP contribution in [0, 0.1) is 18.7 Å². The van der Waals surface area contributed by atoms with Crippen molar-refractivity contribution in [3.8, 4) is 0 Å². The number of anilines is 1. The second-order valence-corrected chi connectivity index (χ2v) is 6.16. The van der Waals surface area contributed by atoms with Crippen LogP contribution < -0.4 is 10.5 Å². The summed E-state index contributed by atoms with van der Waals surface area (Å²) in [5.41, 5.74) is 5.47. The van der Waals surface area contributed by atoms with Gasteiger partial charge in [-0.2, -0.15) is 0 Å². The number of rotatable bonds is 4. The average Bonchev–Trinajstić information content (AvgIpc) is 2.22. The largest absolute Gasteiger partial charge is 0.396 e. The van der Waals surface area contributed by atoms with Crippen molar-refractivity contribution in [3.63, 3.8) is 0 Å². The molecule has 0 fully saturated rings. The highest BCUT2D eigenvalue weighted by atomic mass is 32.2. The van der Waals surface area contributed by atoms with E-state index in [1.54, 1.807) is 0 Å². The van der Waals surface area contributed by atoms with Crippen LogP contribution in [-0.2, 0) is 10.0 Å². The predicted molar refractivity (Wildman–Crippen MR) is 65.6 cm³/mol. The highest BCUT2D eigenvalue weighted by Gasteiger charge is 2.17. The summed E-state index contributed by atoms with van der Waals surface area (Å²) in [5.74, 6) is -0.378. The highest BCUT2D eigenvalue weighted by molar-refractivity contribution is 7.89. The minimum absolute atomic E-state index is 0.00505. The minimum Gasteiger partial charge on any atom is -0.396 e. The molecular formula is C11H17FN2O2S. The van der Waals surface area contributed by atoms with Gasteiger partial charge >= 0.3 is 0 Å². The van der Waals surface area contributed by atoms with E-state index >= 15 is 0 Å². The first-order chi connectivity index (χ1) is 7.74. The molecule has 0 amide bonds. The fourth-order valence-corrected chi connectivity index (χ4v) is 2.61. The summed E-state index contributed by atoms with van der Waals surface area (Å²) in [5, 5.41) is 0. The van der Waals surface area contributed by atoms with Crippen LogP contribution in [0.25, 0.3) is 0 Å². The quantitative estimate of drug-likeness (QED) is 0.808. The molecule has 0 atom stereocenters. The van der Waals surface area contributed by atoms with Crippen molar-refractivity contribution < 1.29 is 12.8 Å². The fraction of sp³-hybridized carbons (Fsp3) is 0.455. The van der Waals surface area contributed by atoms with Crippen LogP contribution in [0.2, 0.25) is 0 Å². The molecule has 4 nitrogen and oxygen atoms in total. The first-order valence-electron chi connectivity index (χ1n) is 5.29. The maximum atomic E-state index is 13.3. The Hall–Kier alpha value is -1.14. The van der Waals surface area contributed by atoms with Crippen molar-refractivity contribution in [2.24, 2.45) is 5.92 Å². The molecule has 0 aliphatic carbocycles. The van der Waals surface area contributed by atoms with E-state index < -0.39 is 15.8 Å². The van der Waals surface area contributed by atoms with Crippen LogP contribution in [0.5, 0.6) is 0 Å². The molecule has 1 aromatic rings. The Morgan fingerprint density at radius 1 is 1.41 bits per heavy atom. The lowest BCUT2D eigenvalue weighted by atomic mass is 10.2. The van der Waals surface area contributed by atoms with E-state index in [9.17, 15) is 12.8 Å². The number of nitrogens with two attached hydrogens (primary N) is 1. The number of hydrogen-bond acceptors (Lipinski definition) is 3. The Labute approximate surface area is 101 Å². The van der Waals surface area contributed by atoms with E-state index in [1.165, 1.54) is 13.0 Å². The van der Waals surface area contributed by atoms with E-state index in [0.717, 1.165) is 6.07 Å². The lowest BCUT2D eigenvalue weighted by Gasteiger charge is -2.10. The van der Waals surface area contributed by atoms with E-state index in [4.69, 9.17) is 5.73 Å². The van der Waals surface area contributed by atoms with Crippen LogP contribution in [0.4, 0.5) is 10.1 Å². The second kappa shape index (κ2) is 5.01. The molecule has 17 heavy (non-hydrogen) atoms. The normalized spacial score (nSPS) is 12.1. The molecule has 0 radical (unpaired) electrons. The van der Waals surface area contributed by atoms with Gasteiger partial charge in [-0.3, -0.25) is 0 Å². The summed E-state index contributed by atoms with van der Waals surface area (Å²) < 4.78 is 39.4. The molecule has 0 saturated carbocycles. The minimum atomic E-state index is -3.61. The third-order valence-electron chi connectivity index (χ3n) is 2.25. The van der Waals surface area contributed by atoms with Gasteiger partial charge in [0, 0.05) is 6.54 Å². The molecular weight excluding hydrogens is 243 g/mol. The van der Waals surface area contributed by atoms with E-state index in [1.807, 2.05) is 13.8 Å². The van der Waals surface area contributed by atoms with Crippen molar-refractivity contribution in [2.75, 3.05) is 12.3 Å². The van der Waals surface area contributed by atoms with Crippen LogP contribution in [0.1, 0.15) is 19.4 Å². The Kier molecular flexibility index (Phi) is 4.11. The lowest BCUT2D eigenvalue weighted by Crippen LogP contribution is -2.27. The number of benzene rings is 1. The number of nitrogen functional groups attached to an aromatic ring is 1. The summed E-state index contributed by atoms with van der Waals surface area (Å²) in [6.45, 7) is 5.60. The van der Waals surface area contributed by atoms with E-state index in [2.05, 4.69) is 4.72 Å². The van der Waals surface area contributed by atoms with Crippen LogP contribution in [-0.4, -0.2) is 15.0 Å². The van der Waals surface area contributed by atoms with Crippen molar-refractivity contribution in [1.29, 1.82) is 0 Å². The Balaban J connectivity index is 3.08. The zero-order valence-electron chi connectivity index (χ0n) is 10.1. The second-order valence-electron chi connectivity index (χ2n) is 4.39. The topological polar surface area (TPSA) is 72.2 Å². The summed E-state index contributed by atoms with van der Waals surface area (Å²) in [6.07, 6.45) is 0. The summed E-state index contributed by atoms with van der Waals surface area (Å²) in [4.78, 5) is -0.00505. The molecule has 0 heterocycles. The monoisotopic (exact) mass is 260 g/mol. The Bertz CT molecular complexity index is 489. The predicted octanol–water partition coefficient (Wildman–Crippen LogP) is 1.65. The number of hydrogen-bond donors (Lipinski definition) is 2. The Morgan fingerprint density at radius 2 is 2.00 bits per heavy atom. The molecule has 0 aliphatic heterocycles. The third-order valence-corrected chi connectivity index (χ3v) is 3.65. The van der Waals surface area contributed by atoms with Crippen molar-refractivity contribution >= 4 is 15.7 Å². The van der Waals surface area contributed by atoms with Gasteiger partial charge in [-0.1, -0.05) is 13.8 Å². The van der Waals surface area contributed by atoms with Crippen molar-refractivity contribution in [1.82, 2.24) is 4.72 Å². The van der Waals surface area contributed by atoms with Crippen molar-refractivity contribution in [2.45, 2.75) is 25.7 Å². The van der Waals surface area contributed by atoms with Gasteiger partial charge in [0.25, 0.3) is 0 Å². The molecule has 0 aromatic heterocycles. The smallest absolute Gasteiger partial charge is 0.240 e. The standard InChI is InChI=1S/C11H17FN2O2S/c1-7(2)6-14-17(15,16)9-4-8(3)11(12)10(13)5-9/h4-5,7,14H,6,13H2,1-3H3. The van der Waals surface area contributed by atoms with Gasteiger partial charge in [0.05, 0.1) is 10.6 Å². The molecule has 0 unspecified atom stereocenters.